The first kappa shape index (κ1) is 18.7. The van der Waals surface area contributed by atoms with E-state index in [-0.39, 0.29) is 6.42 Å². The molecule has 1 aliphatic heterocycles. The fraction of sp³-hybridized carbons (Fsp3) is 0.389. The Morgan fingerprint density at radius 3 is 2.80 bits per heavy atom. The molecule has 0 bridgehead atoms. The minimum atomic E-state index is -1.50. The van der Waals surface area contributed by atoms with Crippen molar-refractivity contribution >= 4 is 23.7 Å². The zero-order valence-electron chi connectivity index (χ0n) is 14.1. The van der Waals surface area contributed by atoms with E-state index >= 15 is 0 Å². The highest BCUT2D eigenvalue weighted by molar-refractivity contribution is 6.04. The molecule has 0 radical (unpaired) electrons. The summed E-state index contributed by atoms with van der Waals surface area (Å²) in [5.74, 6) is -1.59. The molecule has 7 heteroatoms. The molecular formula is C18H22N2O5. The first-order chi connectivity index (χ1) is 12.1. The van der Waals surface area contributed by atoms with Gasteiger partial charge in [0.1, 0.15) is 0 Å². The number of rotatable bonds is 9. The molecule has 0 aromatic heterocycles. The van der Waals surface area contributed by atoms with Gasteiger partial charge in [-0.1, -0.05) is 41.6 Å². The van der Waals surface area contributed by atoms with Crippen molar-refractivity contribution in [1.82, 2.24) is 5.32 Å². The Morgan fingerprint density at radius 1 is 1.36 bits per heavy atom. The van der Waals surface area contributed by atoms with Gasteiger partial charge in [-0.3, -0.25) is 9.59 Å². The summed E-state index contributed by atoms with van der Waals surface area (Å²) >= 11 is 0. The third-order valence-corrected chi connectivity index (χ3v) is 3.73. The van der Waals surface area contributed by atoms with Crippen LogP contribution in [0.25, 0.3) is 6.08 Å². The number of carbonyl (C=O) groups is 2. The van der Waals surface area contributed by atoms with E-state index in [1.807, 2.05) is 36.4 Å². The number of carbonyl (C=O) groups excluding carboxylic acids is 1. The van der Waals surface area contributed by atoms with Gasteiger partial charge < -0.3 is 20.0 Å². The second kappa shape index (κ2) is 8.98. The largest absolute Gasteiger partial charge is 0.481 e. The summed E-state index contributed by atoms with van der Waals surface area (Å²) in [6, 6.07) is 9.60. The molecule has 1 aromatic rings. The number of aliphatic carboxylic acids is 1. The summed E-state index contributed by atoms with van der Waals surface area (Å²) in [6.07, 6.45) is 3.87. The molecule has 1 atom stereocenters. The molecule has 7 nitrogen and oxygen atoms in total. The van der Waals surface area contributed by atoms with Gasteiger partial charge in [0.25, 0.3) is 5.91 Å². The van der Waals surface area contributed by atoms with Crippen molar-refractivity contribution in [2.75, 3.05) is 20.3 Å². The van der Waals surface area contributed by atoms with Crippen molar-refractivity contribution in [3.8, 4) is 0 Å². The summed E-state index contributed by atoms with van der Waals surface area (Å²) in [4.78, 5) is 28.9. The van der Waals surface area contributed by atoms with E-state index in [2.05, 4.69) is 10.5 Å². The van der Waals surface area contributed by atoms with Crippen LogP contribution in [0.15, 0.2) is 41.6 Å². The van der Waals surface area contributed by atoms with Gasteiger partial charge in [-0.05, 0) is 18.1 Å². The lowest BCUT2D eigenvalue weighted by Crippen LogP contribution is -2.48. The predicted molar refractivity (Wildman–Crippen MR) is 93.1 cm³/mol. The van der Waals surface area contributed by atoms with Crippen molar-refractivity contribution in [2.45, 2.75) is 24.9 Å². The van der Waals surface area contributed by atoms with Crippen LogP contribution >= 0.6 is 0 Å². The van der Waals surface area contributed by atoms with E-state index in [0.717, 1.165) is 5.56 Å². The zero-order chi connectivity index (χ0) is 18.1. The van der Waals surface area contributed by atoms with Crippen LogP contribution in [0.4, 0.5) is 0 Å². The van der Waals surface area contributed by atoms with Gasteiger partial charge in [0.2, 0.25) is 5.60 Å². The van der Waals surface area contributed by atoms with Crippen LogP contribution in [0, 0.1) is 0 Å². The standard InChI is InChI=1S/C18H22N2O5/c1-24-11-5-10-19-17(23)18(13-16(21)22)12-15(20-25-18)9-8-14-6-3-2-4-7-14/h2-4,6-9H,5,10-13H2,1H3,(H,19,23)(H,21,22). The first-order valence-corrected chi connectivity index (χ1v) is 8.03. The average Bonchev–Trinajstić information content (AvgIpc) is 3.01. The van der Waals surface area contributed by atoms with Gasteiger partial charge in [0.15, 0.2) is 0 Å². The fourth-order valence-electron chi connectivity index (χ4n) is 2.47. The molecule has 1 heterocycles. The summed E-state index contributed by atoms with van der Waals surface area (Å²) in [7, 11) is 1.58. The van der Waals surface area contributed by atoms with Crippen molar-refractivity contribution in [2.24, 2.45) is 5.16 Å². The molecule has 1 aromatic carbocycles. The first-order valence-electron chi connectivity index (χ1n) is 8.03. The number of oxime groups is 1. The van der Waals surface area contributed by atoms with Gasteiger partial charge in [-0.2, -0.15) is 0 Å². The van der Waals surface area contributed by atoms with Crippen LogP contribution in [0.3, 0.4) is 0 Å². The van der Waals surface area contributed by atoms with E-state index in [9.17, 15) is 9.59 Å². The van der Waals surface area contributed by atoms with Crippen LogP contribution < -0.4 is 5.32 Å². The van der Waals surface area contributed by atoms with E-state index in [1.54, 1.807) is 13.2 Å². The molecule has 1 aliphatic rings. The van der Waals surface area contributed by atoms with Gasteiger partial charge in [-0.15, -0.1) is 0 Å². The summed E-state index contributed by atoms with van der Waals surface area (Å²) in [5, 5.41) is 15.7. The number of ether oxygens (including phenoxy) is 1. The topological polar surface area (TPSA) is 97.2 Å². The quantitative estimate of drug-likeness (QED) is 0.665. The Kier molecular flexibility index (Phi) is 6.71. The molecule has 2 rings (SSSR count). The molecule has 0 aliphatic carbocycles. The number of benzene rings is 1. The maximum Gasteiger partial charge on any atom is 0.308 e. The summed E-state index contributed by atoms with van der Waals surface area (Å²) in [6.45, 7) is 0.890. The van der Waals surface area contributed by atoms with Gasteiger partial charge >= 0.3 is 5.97 Å². The molecule has 0 spiro atoms. The maximum absolute atomic E-state index is 12.4. The molecule has 1 amide bonds. The van der Waals surface area contributed by atoms with Crippen LogP contribution in [0.1, 0.15) is 24.8 Å². The summed E-state index contributed by atoms with van der Waals surface area (Å²) < 4.78 is 4.92. The molecule has 0 saturated carbocycles. The van der Waals surface area contributed by atoms with Crippen LogP contribution in [-0.4, -0.2) is 48.6 Å². The lowest BCUT2D eigenvalue weighted by atomic mass is 9.92. The van der Waals surface area contributed by atoms with Gasteiger partial charge in [-0.25, -0.2) is 0 Å². The predicted octanol–water partition coefficient (Wildman–Crippen LogP) is 1.84. The second-order valence-electron chi connectivity index (χ2n) is 5.76. The third-order valence-electron chi connectivity index (χ3n) is 3.73. The molecular weight excluding hydrogens is 324 g/mol. The Balaban J connectivity index is 2.01. The molecule has 134 valence electrons. The van der Waals surface area contributed by atoms with Gasteiger partial charge in [0, 0.05) is 26.7 Å². The number of carboxylic acid groups (broad SMARTS) is 1. The number of amides is 1. The number of nitrogens with one attached hydrogen (secondary N) is 1. The monoisotopic (exact) mass is 346 g/mol. The van der Waals surface area contributed by atoms with Crippen LogP contribution in [0.2, 0.25) is 0 Å². The second-order valence-corrected chi connectivity index (χ2v) is 5.76. The lowest BCUT2D eigenvalue weighted by molar-refractivity contribution is -0.156. The van der Waals surface area contributed by atoms with Crippen molar-refractivity contribution in [3.05, 3.63) is 42.0 Å². The number of hydrogen-bond acceptors (Lipinski definition) is 5. The minimum Gasteiger partial charge on any atom is -0.481 e. The maximum atomic E-state index is 12.4. The van der Waals surface area contributed by atoms with E-state index in [4.69, 9.17) is 14.7 Å². The molecule has 0 fully saturated rings. The minimum absolute atomic E-state index is 0.110. The molecule has 2 N–H and O–H groups in total. The fourth-order valence-corrected chi connectivity index (χ4v) is 2.47. The number of hydrogen-bond donors (Lipinski definition) is 2. The lowest BCUT2D eigenvalue weighted by Gasteiger charge is -2.23. The van der Waals surface area contributed by atoms with E-state index < -0.39 is 23.9 Å². The molecule has 0 saturated heterocycles. The summed E-state index contributed by atoms with van der Waals surface area (Å²) in [5.41, 5.74) is -0.00276. The Hall–Kier alpha value is -2.67. The number of allylic oxidation sites excluding steroid dienone is 1. The van der Waals surface area contributed by atoms with Crippen molar-refractivity contribution in [1.29, 1.82) is 0 Å². The number of nitrogens with zero attached hydrogens (tertiary/aromatic N) is 1. The highest BCUT2D eigenvalue weighted by atomic mass is 16.7. The van der Waals surface area contributed by atoms with Crippen LogP contribution in [0.5, 0.6) is 0 Å². The normalized spacial score (nSPS) is 19.5. The zero-order valence-corrected chi connectivity index (χ0v) is 14.1. The van der Waals surface area contributed by atoms with Crippen LogP contribution in [-0.2, 0) is 19.2 Å². The Labute approximate surface area is 146 Å². The average molecular weight is 346 g/mol. The van der Waals surface area contributed by atoms with Crippen molar-refractivity contribution in [3.63, 3.8) is 0 Å². The Bertz CT molecular complexity index is 657. The highest BCUT2D eigenvalue weighted by Gasteiger charge is 2.47. The Morgan fingerprint density at radius 2 is 2.12 bits per heavy atom. The molecule has 25 heavy (non-hydrogen) atoms. The van der Waals surface area contributed by atoms with E-state index in [0.29, 0.717) is 25.3 Å². The van der Waals surface area contributed by atoms with Crippen molar-refractivity contribution < 1.29 is 24.3 Å². The highest BCUT2D eigenvalue weighted by Crippen LogP contribution is 2.29. The van der Waals surface area contributed by atoms with E-state index in [1.165, 1.54) is 0 Å². The number of carboxylic acids is 1. The smallest absolute Gasteiger partial charge is 0.308 e. The SMILES string of the molecule is COCCCNC(=O)C1(CC(=O)O)CC(C=Cc2ccccc2)=NO1. The number of methoxy groups -OCH3 is 1. The molecule has 1 unspecified atom stereocenters. The van der Waals surface area contributed by atoms with Gasteiger partial charge in [0.05, 0.1) is 12.1 Å². The third kappa shape index (κ3) is 5.42.